The van der Waals surface area contributed by atoms with Crippen LogP contribution in [0.15, 0.2) is 48.5 Å². The molecule has 0 saturated heterocycles. The van der Waals surface area contributed by atoms with Crippen molar-refractivity contribution in [1.82, 2.24) is 0 Å². The summed E-state index contributed by atoms with van der Waals surface area (Å²) in [4.78, 5) is 30.1. The number of terminal acetylenes is 2. The molecule has 9 nitrogen and oxygen atoms in total. The molecule has 0 bridgehead atoms. The van der Waals surface area contributed by atoms with Crippen LogP contribution in [0.25, 0.3) is 0 Å². The molecule has 2 atom stereocenters. The van der Waals surface area contributed by atoms with Crippen LogP contribution in [0, 0.1) is 44.9 Å². The molecule has 9 heteroatoms. The summed E-state index contributed by atoms with van der Waals surface area (Å²) in [6.45, 7) is 0. The summed E-state index contributed by atoms with van der Waals surface area (Å²) in [7, 11) is 0. The second-order valence-electron chi connectivity index (χ2n) is 5.05. The summed E-state index contributed by atoms with van der Waals surface area (Å²) in [5, 5.41) is 26.0. The maximum Gasteiger partial charge on any atom is 0.269 e. The van der Waals surface area contributed by atoms with Gasteiger partial charge in [0.2, 0.25) is 0 Å². The zero-order valence-electron chi connectivity index (χ0n) is 13.7. The Balaban J connectivity index is 1.97. The van der Waals surface area contributed by atoms with Crippen molar-refractivity contribution in [2.75, 3.05) is 0 Å². The fraction of sp³-hybridized carbons (Fsp3) is 0.111. The van der Waals surface area contributed by atoms with Gasteiger partial charge in [-0.2, -0.15) is 9.78 Å². The van der Waals surface area contributed by atoms with Gasteiger partial charge < -0.3 is 0 Å². The van der Waals surface area contributed by atoms with E-state index in [1.807, 2.05) is 0 Å². The third kappa shape index (κ3) is 5.11. The number of nitro groups is 2. The van der Waals surface area contributed by atoms with Crippen molar-refractivity contribution in [3.63, 3.8) is 0 Å². The maximum absolute atomic E-state index is 10.7. The fourth-order valence-corrected chi connectivity index (χ4v) is 2.00. The largest absolute Gasteiger partial charge is 0.269 e. The lowest BCUT2D eigenvalue weighted by atomic mass is 10.1. The van der Waals surface area contributed by atoms with Gasteiger partial charge in [0.05, 0.1) is 9.85 Å². The molecule has 27 heavy (non-hydrogen) atoms. The van der Waals surface area contributed by atoms with E-state index in [2.05, 4.69) is 16.9 Å². The minimum Gasteiger partial charge on any atom is -0.258 e. The topological polar surface area (TPSA) is 114 Å². The first kappa shape index (κ1) is 19.6. The Morgan fingerprint density at radius 1 is 0.741 bits per heavy atom. The average Bonchev–Trinajstić information content (AvgIpc) is 2.68. The number of hydrogen-bond acceptors (Lipinski definition) is 7. The van der Waals surface area contributed by atoms with Gasteiger partial charge in [-0.3, -0.25) is 20.2 Å². The highest BCUT2D eigenvalue weighted by Crippen LogP contribution is 2.23. The van der Waals surface area contributed by atoms with Crippen LogP contribution in [-0.4, -0.2) is 9.85 Å². The van der Waals surface area contributed by atoms with Crippen molar-refractivity contribution in [3.8, 4) is 24.7 Å². The van der Waals surface area contributed by atoms with E-state index in [1.165, 1.54) is 48.5 Å². The maximum atomic E-state index is 10.7. The summed E-state index contributed by atoms with van der Waals surface area (Å²) in [6, 6.07) is 10.7. The minimum atomic E-state index is -0.999. The van der Waals surface area contributed by atoms with Crippen molar-refractivity contribution in [1.29, 1.82) is 0 Å². The molecule has 0 aliphatic rings. The molecule has 0 saturated carbocycles. The quantitative estimate of drug-likeness (QED) is 0.303. The summed E-state index contributed by atoms with van der Waals surface area (Å²) in [5.41, 5.74) is 0.660. The highest BCUT2D eigenvalue weighted by atomic mass is 17.5. The molecule has 0 amide bonds. The Morgan fingerprint density at radius 3 is 1.33 bits per heavy atom. The molecule has 0 radical (unpaired) electrons. The Morgan fingerprint density at radius 2 is 1.07 bits per heavy atom. The average molecular weight is 368 g/mol. The molecule has 0 aromatic heterocycles. The van der Waals surface area contributed by atoms with E-state index >= 15 is 0 Å². The van der Waals surface area contributed by atoms with Gasteiger partial charge in [-0.05, 0) is 35.4 Å². The van der Waals surface area contributed by atoms with Gasteiger partial charge in [-0.25, -0.2) is 0 Å². The molecular formula is C18H12N2O7. The van der Waals surface area contributed by atoms with Crippen LogP contribution >= 0.6 is 0 Å². The standard InChI is InChI=1S/C18H12N2O7/c1-3-17(13-5-9-15(10-6-13)19(21)22)25-27-26-18(4-2)14-7-11-16(12-8-14)20(23)24/h1-2,5-12,17-18H. The van der Waals surface area contributed by atoms with Gasteiger partial charge in [0, 0.05) is 24.3 Å². The summed E-state index contributed by atoms with van der Waals surface area (Å²) in [5.74, 6) is 4.59. The molecule has 2 rings (SSSR count). The normalized spacial score (nSPS) is 12.4. The highest BCUT2D eigenvalue weighted by Gasteiger charge is 2.16. The Hall–Kier alpha value is -3.76. The van der Waals surface area contributed by atoms with Crippen LogP contribution in [0.3, 0.4) is 0 Å². The monoisotopic (exact) mass is 368 g/mol. The first-order chi connectivity index (χ1) is 13.0. The Kier molecular flexibility index (Phi) is 6.58. The highest BCUT2D eigenvalue weighted by molar-refractivity contribution is 5.36. The molecule has 136 valence electrons. The van der Waals surface area contributed by atoms with Crippen molar-refractivity contribution >= 4 is 11.4 Å². The number of rotatable bonds is 8. The van der Waals surface area contributed by atoms with E-state index in [4.69, 9.17) is 22.6 Å². The third-order valence-corrected chi connectivity index (χ3v) is 3.39. The van der Waals surface area contributed by atoms with Crippen molar-refractivity contribution < 1.29 is 24.7 Å². The zero-order valence-corrected chi connectivity index (χ0v) is 13.7. The number of non-ortho nitro benzene ring substituents is 2. The van der Waals surface area contributed by atoms with E-state index < -0.39 is 22.1 Å². The third-order valence-electron chi connectivity index (χ3n) is 3.39. The van der Waals surface area contributed by atoms with Crippen LogP contribution in [0.2, 0.25) is 0 Å². The van der Waals surface area contributed by atoms with E-state index in [0.717, 1.165) is 0 Å². The molecule has 0 N–H and O–H groups in total. The van der Waals surface area contributed by atoms with E-state index in [-0.39, 0.29) is 11.4 Å². The van der Waals surface area contributed by atoms with Crippen molar-refractivity contribution in [2.45, 2.75) is 12.2 Å². The first-order valence-corrected chi connectivity index (χ1v) is 7.36. The second-order valence-corrected chi connectivity index (χ2v) is 5.05. The number of nitro benzene ring substituents is 2. The van der Waals surface area contributed by atoms with Crippen LogP contribution in [0.1, 0.15) is 23.3 Å². The fourth-order valence-electron chi connectivity index (χ4n) is 2.00. The molecule has 0 aliphatic carbocycles. The van der Waals surface area contributed by atoms with E-state index in [0.29, 0.717) is 11.1 Å². The smallest absolute Gasteiger partial charge is 0.258 e. The second kappa shape index (κ2) is 9.08. The van der Waals surface area contributed by atoms with Gasteiger partial charge in [0.1, 0.15) is 0 Å². The summed E-state index contributed by atoms with van der Waals surface area (Å²) >= 11 is 0. The number of hydrogen-bond donors (Lipinski definition) is 0. The van der Waals surface area contributed by atoms with Gasteiger partial charge in [-0.15, -0.1) is 12.8 Å². The molecule has 2 aromatic rings. The molecule has 2 unspecified atom stereocenters. The molecule has 0 spiro atoms. The van der Waals surface area contributed by atoms with Crippen LogP contribution < -0.4 is 0 Å². The van der Waals surface area contributed by atoms with Gasteiger partial charge in [-0.1, -0.05) is 16.9 Å². The predicted octanol–water partition coefficient (Wildman–Crippen LogP) is 3.43. The van der Waals surface area contributed by atoms with Crippen molar-refractivity contribution in [2.24, 2.45) is 0 Å². The van der Waals surface area contributed by atoms with E-state index in [9.17, 15) is 20.2 Å². The Labute approximate surface area is 153 Å². The molecule has 0 fully saturated rings. The van der Waals surface area contributed by atoms with Crippen molar-refractivity contribution in [3.05, 3.63) is 79.9 Å². The van der Waals surface area contributed by atoms with Gasteiger partial charge in [0.15, 0.2) is 12.2 Å². The SMILES string of the molecule is C#CC(OOOC(C#C)c1ccc([N+](=O)[O-])cc1)c1ccc([N+](=O)[O-])cc1. The zero-order chi connectivity index (χ0) is 19.8. The van der Waals surface area contributed by atoms with Gasteiger partial charge >= 0.3 is 0 Å². The molecule has 0 aliphatic heterocycles. The minimum absolute atomic E-state index is 0.0998. The first-order valence-electron chi connectivity index (χ1n) is 7.36. The lowest BCUT2D eigenvalue weighted by Crippen LogP contribution is -2.08. The number of nitrogens with zero attached hydrogens (tertiary/aromatic N) is 2. The summed E-state index contributed by atoms with van der Waals surface area (Å²) in [6.07, 6.45) is 8.72. The Bertz CT molecular complexity index is 820. The molecule has 0 heterocycles. The molecular weight excluding hydrogens is 356 g/mol. The van der Waals surface area contributed by atoms with Gasteiger partial charge in [0.25, 0.3) is 11.4 Å². The van der Waals surface area contributed by atoms with Crippen LogP contribution in [0.5, 0.6) is 0 Å². The lowest BCUT2D eigenvalue weighted by Gasteiger charge is -2.13. The van der Waals surface area contributed by atoms with E-state index in [1.54, 1.807) is 0 Å². The summed E-state index contributed by atoms with van der Waals surface area (Å²) < 4.78 is 0. The van der Waals surface area contributed by atoms with Crippen LogP contribution in [0.4, 0.5) is 11.4 Å². The molecule has 2 aromatic carbocycles. The van der Waals surface area contributed by atoms with Crippen LogP contribution in [-0.2, 0) is 14.8 Å². The lowest BCUT2D eigenvalue weighted by molar-refractivity contribution is -0.533. The number of benzene rings is 2. The predicted molar refractivity (Wildman–Crippen MR) is 92.6 cm³/mol.